The van der Waals surface area contributed by atoms with Crippen molar-refractivity contribution in [2.75, 3.05) is 86.4 Å². The number of piperazine rings is 1. The minimum absolute atomic E-state index is 0.128. The normalized spacial score (nSPS) is 21.5. The Balaban J connectivity index is 1.49. The van der Waals surface area contributed by atoms with Crippen LogP contribution in [0.15, 0.2) is 0 Å². The average Bonchev–Trinajstić information content (AvgIpc) is 2.64. The Morgan fingerprint density at radius 3 is 2.32 bits per heavy atom. The molecular weight excluding hydrogens is 322 g/mol. The van der Waals surface area contributed by atoms with Crippen molar-refractivity contribution in [1.82, 2.24) is 14.7 Å². The fraction of sp³-hybridized carbons (Fsp3) is 0.944. The van der Waals surface area contributed by atoms with Crippen LogP contribution in [0.4, 0.5) is 0 Å². The minimum atomic E-state index is -0.128. The van der Waals surface area contributed by atoms with Crippen LogP contribution in [0.2, 0.25) is 0 Å². The van der Waals surface area contributed by atoms with Gasteiger partial charge in [-0.2, -0.15) is 0 Å². The van der Waals surface area contributed by atoms with E-state index >= 15 is 0 Å². The summed E-state index contributed by atoms with van der Waals surface area (Å²) in [6.45, 7) is 9.60. The van der Waals surface area contributed by atoms with Crippen LogP contribution in [-0.4, -0.2) is 113 Å². The van der Waals surface area contributed by atoms with Gasteiger partial charge in [0.1, 0.15) is 6.61 Å². The maximum atomic E-state index is 11.8. The van der Waals surface area contributed by atoms with Crippen molar-refractivity contribution in [2.45, 2.75) is 25.3 Å². The molecule has 146 valence electrons. The second kappa shape index (κ2) is 11.8. The monoisotopic (exact) mass is 357 g/mol. The Hall–Kier alpha value is -0.730. The molecule has 7 heteroatoms. The van der Waals surface area contributed by atoms with E-state index in [2.05, 4.69) is 21.7 Å². The van der Waals surface area contributed by atoms with Crippen LogP contribution >= 0.6 is 0 Å². The highest BCUT2D eigenvalue weighted by molar-refractivity contribution is 5.69. The molecule has 2 heterocycles. The first-order valence-corrected chi connectivity index (χ1v) is 9.56. The quantitative estimate of drug-likeness (QED) is 0.412. The highest BCUT2D eigenvalue weighted by Gasteiger charge is 2.26. The first-order chi connectivity index (χ1) is 12.2. The van der Waals surface area contributed by atoms with E-state index in [0.29, 0.717) is 32.8 Å². The third-order valence-electron chi connectivity index (χ3n) is 5.17. The lowest BCUT2D eigenvalue weighted by molar-refractivity contribution is -0.145. The van der Waals surface area contributed by atoms with Crippen molar-refractivity contribution in [3.8, 4) is 0 Å². The Kier molecular flexibility index (Phi) is 9.72. The highest BCUT2D eigenvalue weighted by atomic mass is 16.6. The number of methoxy groups -OCH3 is 1. The fourth-order valence-corrected chi connectivity index (χ4v) is 3.48. The number of esters is 1. The summed E-state index contributed by atoms with van der Waals surface area (Å²) in [6, 6.07) is 0.723. The number of carbonyl (C=O) groups excluding carboxylic acids is 1. The second-order valence-electron chi connectivity index (χ2n) is 6.99. The average molecular weight is 357 g/mol. The van der Waals surface area contributed by atoms with Gasteiger partial charge >= 0.3 is 5.97 Å². The first kappa shape index (κ1) is 20.6. The van der Waals surface area contributed by atoms with Gasteiger partial charge < -0.3 is 24.0 Å². The molecule has 2 fully saturated rings. The van der Waals surface area contributed by atoms with Gasteiger partial charge in [0.25, 0.3) is 0 Å². The van der Waals surface area contributed by atoms with Gasteiger partial charge in [-0.15, -0.1) is 0 Å². The van der Waals surface area contributed by atoms with Gasteiger partial charge in [0, 0.05) is 45.9 Å². The summed E-state index contributed by atoms with van der Waals surface area (Å²) < 4.78 is 15.4. The summed E-state index contributed by atoms with van der Waals surface area (Å²) in [4.78, 5) is 19.2. The van der Waals surface area contributed by atoms with Gasteiger partial charge in [0.2, 0.25) is 0 Å². The molecule has 2 aliphatic heterocycles. The van der Waals surface area contributed by atoms with Crippen LogP contribution in [0.3, 0.4) is 0 Å². The number of hydrogen-bond donors (Lipinski definition) is 0. The zero-order valence-electron chi connectivity index (χ0n) is 16.0. The molecule has 7 nitrogen and oxygen atoms in total. The number of piperidine rings is 1. The van der Waals surface area contributed by atoms with E-state index in [1.165, 1.54) is 39.0 Å². The number of carbonyl (C=O) groups is 1. The maximum absolute atomic E-state index is 11.8. The van der Waals surface area contributed by atoms with E-state index in [4.69, 9.17) is 14.2 Å². The predicted molar refractivity (Wildman–Crippen MR) is 96.8 cm³/mol. The van der Waals surface area contributed by atoms with E-state index in [1.54, 1.807) is 7.11 Å². The highest BCUT2D eigenvalue weighted by Crippen LogP contribution is 2.18. The van der Waals surface area contributed by atoms with Crippen LogP contribution in [0.1, 0.15) is 19.3 Å². The molecule has 0 spiro atoms. The molecule has 0 N–H and O–H groups in total. The molecule has 0 saturated carbocycles. The summed E-state index contributed by atoms with van der Waals surface area (Å²) >= 11 is 0. The summed E-state index contributed by atoms with van der Waals surface area (Å²) in [5.74, 6) is -0.128. The van der Waals surface area contributed by atoms with Crippen LogP contribution in [0.5, 0.6) is 0 Å². The smallest absolute Gasteiger partial charge is 0.307 e. The maximum Gasteiger partial charge on any atom is 0.307 e. The molecule has 0 aromatic carbocycles. The number of ether oxygens (including phenoxy) is 3. The van der Waals surface area contributed by atoms with Crippen LogP contribution < -0.4 is 0 Å². The molecule has 0 aromatic rings. The zero-order chi connectivity index (χ0) is 17.9. The number of rotatable bonds is 10. The van der Waals surface area contributed by atoms with Crippen molar-refractivity contribution < 1.29 is 19.0 Å². The van der Waals surface area contributed by atoms with Crippen molar-refractivity contribution in [3.05, 3.63) is 0 Å². The van der Waals surface area contributed by atoms with E-state index in [9.17, 15) is 4.79 Å². The number of nitrogens with zero attached hydrogens (tertiary/aromatic N) is 3. The molecule has 0 aliphatic carbocycles. The second-order valence-corrected chi connectivity index (χ2v) is 6.99. The molecule has 0 unspecified atom stereocenters. The third kappa shape index (κ3) is 8.00. The van der Waals surface area contributed by atoms with E-state index in [1.807, 2.05) is 0 Å². The van der Waals surface area contributed by atoms with Gasteiger partial charge in [-0.05, 0) is 33.0 Å². The Morgan fingerprint density at radius 2 is 1.64 bits per heavy atom. The minimum Gasteiger partial charge on any atom is -0.463 e. The van der Waals surface area contributed by atoms with Crippen LogP contribution in [-0.2, 0) is 19.0 Å². The van der Waals surface area contributed by atoms with Gasteiger partial charge in [-0.3, -0.25) is 9.69 Å². The van der Waals surface area contributed by atoms with Crippen LogP contribution in [0, 0.1) is 0 Å². The van der Waals surface area contributed by atoms with Gasteiger partial charge in [-0.25, -0.2) is 0 Å². The molecule has 2 rings (SSSR count). The summed E-state index contributed by atoms with van der Waals surface area (Å²) in [7, 11) is 3.84. The summed E-state index contributed by atoms with van der Waals surface area (Å²) in [5.41, 5.74) is 0. The molecule has 2 saturated heterocycles. The SMILES string of the molecule is COCCOCCOC(=O)CCN1CCC(N2CCN(C)CC2)CC1. The lowest BCUT2D eigenvalue weighted by atomic mass is 10.0. The Morgan fingerprint density at radius 1 is 0.960 bits per heavy atom. The molecule has 2 aliphatic rings. The van der Waals surface area contributed by atoms with Gasteiger partial charge in [0.05, 0.1) is 26.2 Å². The molecule has 0 atom stereocenters. The van der Waals surface area contributed by atoms with Crippen molar-refractivity contribution in [3.63, 3.8) is 0 Å². The summed E-state index contributed by atoms with van der Waals surface area (Å²) in [6.07, 6.45) is 2.90. The van der Waals surface area contributed by atoms with Crippen molar-refractivity contribution in [2.24, 2.45) is 0 Å². The lowest BCUT2D eigenvalue weighted by Crippen LogP contribution is -2.52. The van der Waals surface area contributed by atoms with E-state index in [0.717, 1.165) is 25.7 Å². The number of likely N-dealkylation sites (N-methyl/N-ethyl adjacent to an activating group) is 1. The standard InChI is InChI=1S/C18H35N3O4/c1-19-9-11-21(12-10-19)17-3-6-20(7-4-17)8-5-18(22)25-16-15-24-14-13-23-2/h17H,3-16H2,1-2H3. The first-order valence-electron chi connectivity index (χ1n) is 9.56. The Labute approximate surface area is 152 Å². The predicted octanol–water partition coefficient (Wildman–Crippen LogP) is 0.295. The summed E-state index contributed by atoms with van der Waals surface area (Å²) in [5, 5.41) is 0. The largest absolute Gasteiger partial charge is 0.463 e. The van der Waals surface area contributed by atoms with Gasteiger partial charge in [-0.1, -0.05) is 0 Å². The topological polar surface area (TPSA) is 54.5 Å². The third-order valence-corrected chi connectivity index (χ3v) is 5.17. The van der Waals surface area contributed by atoms with E-state index in [-0.39, 0.29) is 5.97 Å². The van der Waals surface area contributed by atoms with Crippen LogP contribution in [0.25, 0.3) is 0 Å². The van der Waals surface area contributed by atoms with Crippen molar-refractivity contribution >= 4 is 5.97 Å². The molecule has 0 radical (unpaired) electrons. The number of likely N-dealkylation sites (tertiary alicyclic amines) is 1. The molecule has 0 bridgehead atoms. The van der Waals surface area contributed by atoms with Crippen molar-refractivity contribution in [1.29, 1.82) is 0 Å². The molecule has 0 amide bonds. The zero-order valence-corrected chi connectivity index (χ0v) is 16.0. The van der Waals surface area contributed by atoms with E-state index < -0.39 is 0 Å². The molecular formula is C18H35N3O4. The van der Waals surface area contributed by atoms with Gasteiger partial charge in [0.15, 0.2) is 0 Å². The number of hydrogen-bond acceptors (Lipinski definition) is 7. The molecule has 0 aromatic heterocycles. The Bertz CT molecular complexity index is 367. The molecule has 25 heavy (non-hydrogen) atoms. The fourth-order valence-electron chi connectivity index (χ4n) is 3.48. The lowest BCUT2D eigenvalue weighted by Gasteiger charge is -2.42.